The van der Waals surface area contributed by atoms with E-state index in [1.807, 2.05) is 11.8 Å². The Hall–Kier alpha value is -1.84. The fourth-order valence-electron chi connectivity index (χ4n) is 6.97. The number of fused-ring (bicyclic) bond motifs is 2. The first kappa shape index (κ1) is 40.6. The summed E-state index contributed by atoms with van der Waals surface area (Å²) in [7, 11) is 0. The predicted molar refractivity (Wildman–Crippen MR) is 214 cm³/mol. The zero-order valence-electron chi connectivity index (χ0n) is 32.3. The number of nitrogens with zero attached hydrogens (tertiary/aromatic N) is 7. The summed E-state index contributed by atoms with van der Waals surface area (Å²) >= 11 is 1.94. The number of hydrogen-bond donors (Lipinski definition) is 0. The summed E-state index contributed by atoms with van der Waals surface area (Å²) in [5.74, 6) is 0. The van der Waals surface area contributed by atoms with Gasteiger partial charge in [-0.15, -0.1) is 0 Å². The van der Waals surface area contributed by atoms with E-state index in [-0.39, 0.29) is 0 Å². The minimum Gasteiger partial charge on any atom is -0.372 e. The third-order valence-corrected chi connectivity index (χ3v) is 11.5. The zero-order valence-corrected chi connectivity index (χ0v) is 33.1. The van der Waals surface area contributed by atoms with Crippen molar-refractivity contribution in [3.63, 3.8) is 0 Å². The van der Waals surface area contributed by atoms with E-state index in [1.54, 1.807) is 0 Å². The monoisotopic (exact) mass is 682 g/mol. The number of benzene rings is 1. The molecule has 2 aliphatic rings. The largest absolute Gasteiger partial charge is 0.372 e. The second-order valence-corrected chi connectivity index (χ2v) is 14.2. The maximum Gasteiger partial charge on any atom is 0.0774 e. The summed E-state index contributed by atoms with van der Waals surface area (Å²) in [4.78, 5) is 23.3. The Kier molecular flexibility index (Phi) is 19.3. The molecule has 0 spiro atoms. The molecule has 1 aromatic carbocycles. The van der Waals surface area contributed by atoms with E-state index < -0.39 is 0 Å². The molecule has 8 heteroatoms. The van der Waals surface area contributed by atoms with E-state index in [1.165, 1.54) is 65.7 Å². The van der Waals surface area contributed by atoms with Crippen LogP contribution in [0.3, 0.4) is 0 Å². The lowest BCUT2D eigenvalue weighted by Crippen LogP contribution is -2.33. The molecule has 1 heterocycles. The molecule has 0 aromatic heterocycles. The van der Waals surface area contributed by atoms with Gasteiger partial charge in [-0.1, -0.05) is 73.2 Å². The van der Waals surface area contributed by atoms with Gasteiger partial charge in [-0.3, -0.25) is 4.99 Å². The minimum atomic E-state index is 0.917. The van der Waals surface area contributed by atoms with Crippen LogP contribution in [0.25, 0.3) is 0 Å². The first-order valence-corrected chi connectivity index (χ1v) is 20.5. The summed E-state index contributed by atoms with van der Waals surface area (Å²) in [6, 6.07) is 7.03. The van der Waals surface area contributed by atoms with Gasteiger partial charge in [0.1, 0.15) is 0 Å². The van der Waals surface area contributed by atoms with Crippen LogP contribution in [0, 0.1) is 0 Å². The average molecular weight is 682 g/mol. The molecule has 1 aliphatic carbocycles. The highest BCUT2D eigenvalue weighted by atomic mass is 32.2. The molecule has 0 fully saturated rings. The smallest absolute Gasteiger partial charge is 0.0774 e. The van der Waals surface area contributed by atoms with Gasteiger partial charge in [0.05, 0.1) is 11.4 Å². The van der Waals surface area contributed by atoms with Crippen molar-refractivity contribution in [3.8, 4) is 0 Å². The van der Waals surface area contributed by atoms with Crippen molar-refractivity contribution in [2.24, 2.45) is 4.99 Å². The van der Waals surface area contributed by atoms with Crippen molar-refractivity contribution in [3.05, 3.63) is 41.0 Å². The molecule has 0 saturated heterocycles. The molecule has 0 unspecified atom stereocenters. The van der Waals surface area contributed by atoms with Crippen LogP contribution >= 0.6 is 11.8 Å². The van der Waals surface area contributed by atoms with Crippen LogP contribution in [-0.4, -0.2) is 135 Å². The van der Waals surface area contributed by atoms with Crippen LogP contribution in [0.5, 0.6) is 0 Å². The molecule has 0 amide bonds. The van der Waals surface area contributed by atoms with E-state index in [2.05, 4.69) is 115 Å². The van der Waals surface area contributed by atoms with E-state index >= 15 is 0 Å². The van der Waals surface area contributed by atoms with Gasteiger partial charge < -0.3 is 29.4 Å². The van der Waals surface area contributed by atoms with Crippen LogP contribution in [0.4, 0.5) is 11.4 Å². The Labute approximate surface area is 300 Å². The highest BCUT2D eigenvalue weighted by Crippen LogP contribution is 2.44. The third kappa shape index (κ3) is 12.8. The topological polar surface area (TPSA) is 31.8 Å². The maximum atomic E-state index is 5.21. The molecular formula is C40H71N7S. The Morgan fingerprint density at radius 2 is 1.00 bits per heavy atom. The van der Waals surface area contributed by atoms with Crippen molar-refractivity contribution in [2.75, 3.05) is 110 Å². The van der Waals surface area contributed by atoms with E-state index in [0.717, 1.165) is 104 Å². The fraction of sp³-hybridized carbons (Fsp3) is 0.725. The summed E-state index contributed by atoms with van der Waals surface area (Å²) < 4.78 is 0. The van der Waals surface area contributed by atoms with E-state index in [0.29, 0.717) is 0 Å². The molecular weight excluding hydrogens is 611 g/mol. The highest BCUT2D eigenvalue weighted by Gasteiger charge is 2.24. The standard InChI is InChI=1S/C40H71N7S/c1-9-42(10-2)25-17-29-46(30-18-26-43(11-3)12-4)35-21-23-37-39(33-35)48-40-34-36(22-24-38(40)41-37)47(31-19-27-44(13-5)14-6)32-20-28-45(15-7)16-8/h21-23,33-34H,9-20,24-32H2,1-8H3. The van der Waals surface area contributed by atoms with Crippen molar-refractivity contribution >= 4 is 28.8 Å². The van der Waals surface area contributed by atoms with Gasteiger partial charge in [0, 0.05) is 53.8 Å². The first-order valence-electron chi connectivity index (χ1n) is 19.6. The molecule has 48 heavy (non-hydrogen) atoms. The van der Waals surface area contributed by atoms with Crippen LogP contribution in [-0.2, 0) is 0 Å². The zero-order chi connectivity index (χ0) is 34.7. The normalized spacial score (nSPS) is 14.4. The van der Waals surface area contributed by atoms with Crippen molar-refractivity contribution in [1.29, 1.82) is 0 Å². The average Bonchev–Trinajstić information content (AvgIpc) is 3.12. The van der Waals surface area contributed by atoms with Crippen molar-refractivity contribution in [2.45, 2.75) is 92.4 Å². The summed E-state index contributed by atoms with van der Waals surface area (Å²) in [5, 5.41) is 0. The van der Waals surface area contributed by atoms with Crippen molar-refractivity contribution < 1.29 is 0 Å². The third-order valence-electron chi connectivity index (χ3n) is 10.4. The molecule has 0 atom stereocenters. The minimum absolute atomic E-state index is 0.917. The number of thioether (sulfide) groups is 1. The Morgan fingerprint density at radius 1 is 0.562 bits per heavy atom. The number of rotatable bonds is 26. The second-order valence-electron chi connectivity index (χ2n) is 13.2. The number of hydrogen-bond acceptors (Lipinski definition) is 8. The lowest BCUT2D eigenvalue weighted by atomic mass is 10.1. The van der Waals surface area contributed by atoms with Gasteiger partial charge in [-0.25, -0.2) is 0 Å². The summed E-state index contributed by atoms with van der Waals surface area (Å²) in [5.41, 5.74) is 5.10. The molecule has 0 bridgehead atoms. The molecule has 3 rings (SSSR count). The number of anilines is 1. The molecule has 7 nitrogen and oxygen atoms in total. The Balaban J connectivity index is 1.77. The Bertz CT molecular complexity index is 1100. The lowest BCUT2D eigenvalue weighted by Gasteiger charge is -2.32. The summed E-state index contributed by atoms with van der Waals surface area (Å²) in [6.45, 7) is 36.3. The van der Waals surface area contributed by atoms with Crippen LogP contribution < -0.4 is 4.90 Å². The van der Waals surface area contributed by atoms with Gasteiger partial charge in [-0.2, -0.15) is 0 Å². The van der Waals surface area contributed by atoms with Crippen LogP contribution in [0.2, 0.25) is 0 Å². The quantitative estimate of drug-likeness (QED) is 0.0978. The molecule has 0 N–H and O–H groups in total. The highest BCUT2D eigenvalue weighted by molar-refractivity contribution is 8.04. The van der Waals surface area contributed by atoms with Gasteiger partial charge >= 0.3 is 0 Å². The molecule has 1 aliphatic heterocycles. The van der Waals surface area contributed by atoms with Gasteiger partial charge in [0.25, 0.3) is 0 Å². The SMILES string of the molecule is CCN(CC)CCCN(CCCN(CC)CC)C1=CCC2=Nc3ccc(N(CCCN(CC)CC)CCCN(CC)CC)cc3SC2=C1. The molecule has 0 saturated carbocycles. The van der Waals surface area contributed by atoms with Crippen LogP contribution in [0.1, 0.15) is 87.5 Å². The van der Waals surface area contributed by atoms with Gasteiger partial charge in [-0.05, 0) is 128 Å². The number of aliphatic imine (C=N–C) groups is 1. The second kappa shape index (κ2) is 22.8. The van der Waals surface area contributed by atoms with Crippen LogP contribution in [0.15, 0.2) is 50.8 Å². The van der Waals surface area contributed by atoms with Gasteiger partial charge in [0.15, 0.2) is 0 Å². The Morgan fingerprint density at radius 3 is 1.44 bits per heavy atom. The summed E-state index contributed by atoms with van der Waals surface area (Å²) in [6.07, 6.45) is 10.6. The molecule has 1 aromatic rings. The maximum absolute atomic E-state index is 5.21. The van der Waals surface area contributed by atoms with Gasteiger partial charge in [0.2, 0.25) is 0 Å². The molecule has 272 valence electrons. The number of allylic oxidation sites excluding steroid dienone is 3. The lowest BCUT2D eigenvalue weighted by molar-refractivity contribution is 0.249. The van der Waals surface area contributed by atoms with E-state index in [9.17, 15) is 0 Å². The van der Waals surface area contributed by atoms with Crippen molar-refractivity contribution in [1.82, 2.24) is 24.5 Å². The van der Waals surface area contributed by atoms with E-state index in [4.69, 9.17) is 4.99 Å². The fourth-order valence-corrected chi connectivity index (χ4v) is 8.03. The molecule has 0 radical (unpaired) electrons. The predicted octanol–water partition coefficient (Wildman–Crippen LogP) is 8.07. The first-order chi connectivity index (χ1) is 23.4.